The van der Waals surface area contributed by atoms with Crippen molar-refractivity contribution in [1.29, 1.82) is 0 Å². The molecule has 118 valence electrons. The van der Waals surface area contributed by atoms with E-state index in [0.29, 0.717) is 11.6 Å². The second kappa shape index (κ2) is 8.04. The molecule has 23 heavy (non-hydrogen) atoms. The van der Waals surface area contributed by atoms with Gasteiger partial charge in [-0.15, -0.1) is 5.10 Å². The minimum atomic E-state index is 0.657. The highest BCUT2D eigenvalue weighted by atomic mass is 35.5. The lowest BCUT2D eigenvalue weighted by Gasteiger charge is -2.05. The van der Waals surface area contributed by atoms with Crippen LogP contribution in [0.2, 0.25) is 5.02 Å². The maximum Gasteiger partial charge on any atom is 0.208 e. The molecule has 0 fully saturated rings. The van der Waals surface area contributed by atoms with Gasteiger partial charge in [0, 0.05) is 16.3 Å². The Morgan fingerprint density at radius 2 is 1.83 bits per heavy atom. The summed E-state index contributed by atoms with van der Waals surface area (Å²) in [7, 11) is 0. The van der Waals surface area contributed by atoms with Crippen LogP contribution in [0.3, 0.4) is 0 Å². The van der Waals surface area contributed by atoms with Crippen molar-refractivity contribution in [3.8, 4) is 17.1 Å². The van der Waals surface area contributed by atoms with Crippen molar-refractivity contribution in [2.24, 2.45) is 0 Å². The van der Waals surface area contributed by atoms with E-state index in [1.54, 1.807) is 11.8 Å². The number of nitrogens with zero attached hydrogens (tertiary/aromatic N) is 2. The molecule has 0 saturated heterocycles. The molecule has 0 spiro atoms. The van der Waals surface area contributed by atoms with Crippen LogP contribution in [0.15, 0.2) is 59.8 Å². The van der Waals surface area contributed by atoms with Crippen LogP contribution in [0, 0.1) is 0 Å². The molecule has 0 amide bonds. The first-order valence-electron chi connectivity index (χ1n) is 7.30. The average Bonchev–Trinajstić information content (AvgIpc) is 3.06. The van der Waals surface area contributed by atoms with Crippen LogP contribution in [-0.4, -0.2) is 27.5 Å². The van der Waals surface area contributed by atoms with Gasteiger partial charge < -0.3 is 4.74 Å². The van der Waals surface area contributed by atoms with Crippen molar-refractivity contribution >= 4 is 23.4 Å². The Bertz CT molecular complexity index is 731. The second-order valence-electron chi connectivity index (χ2n) is 4.84. The summed E-state index contributed by atoms with van der Waals surface area (Å²) < 4.78 is 5.65. The predicted molar refractivity (Wildman–Crippen MR) is 94.1 cm³/mol. The Labute approximate surface area is 144 Å². The Hall–Kier alpha value is -1.98. The molecule has 1 aromatic heterocycles. The average molecular weight is 346 g/mol. The minimum absolute atomic E-state index is 0.657. The molecule has 1 N–H and O–H groups in total. The number of ether oxygens (including phenoxy) is 1. The van der Waals surface area contributed by atoms with Crippen LogP contribution >= 0.6 is 23.4 Å². The fraction of sp³-hybridized carbons (Fsp3) is 0.176. The molecule has 6 heteroatoms. The summed E-state index contributed by atoms with van der Waals surface area (Å²) in [6.07, 6.45) is 0.919. The van der Waals surface area contributed by atoms with Crippen LogP contribution < -0.4 is 4.74 Å². The Morgan fingerprint density at radius 3 is 2.61 bits per heavy atom. The van der Waals surface area contributed by atoms with Gasteiger partial charge in [0.25, 0.3) is 0 Å². The quantitative estimate of drug-likeness (QED) is 0.498. The summed E-state index contributed by atoms with van der Waals surface area (Å²) in [5.74, 6) is 2.54. The van der Waals surface area contributed by atoms with Gasteiger partial charge in [-0.1, -0.05) is 53.7 Å². The van der Waals surface area contributed by atoms with Gasteiger partial charge in [0.05, 0.1) is 6.61 Å². The Balaban J connectivity index is 1.41. The summed E-state index contributed by atoms with van der Waals surface area (Å²) >= 11 is 7.45. The number of rotatable bonds is 7. The first-order valence-corrected chi connectivity index (χ1v) is 8.66. The summed E-state index contributed by atoms with van der Waals surface area (Å²) in [5.41, 5.74) is 1.04. The number of H-pyrrole nitrogens is 1. The van der Waals surface area contributed by atoms with Crippen LogP contribution in [0.25, 0.3) is 11.4 Å². The zero-order valence-electron chi connectivity index (χ0n) is 12.4. The Morgan fingerprint density at radius 1 is 1.04 bits per heavy atom. The van der Waals surface area contributed by atoms with E-state index in [9.17, 15) is 0 Å². The molecule has 0 radical (unpaired) electrons. The molecular formula is C17H16ClN3OS. The number of hydrogen-bond acceptors (Lipinski definition) is 4. The number of nitrogens with one attached hydrogen (secondary N) is 1. The van der Waals surface area contributed by atoms with Crippen molar-refractivity contribution < 1.29 is 4.74 Å². The van der Waals surface area contributed by atoms with Gasteiger partial charge in [-0.3, -0.25) is 5.10 Å². The van der Waals surface area contributed by atoms with E-state index in [1.165, 1.54) is 0 Å². The maximum atomic E-state index is 5.83. The van der Waals surface area contributed by atoms with Gasteiger partial charge >= 0.3 is 0 Å². The second-order valence-corrected chi connectivity index (χ2v) is 6.34. The van der Waals surface area contributed by atoms with Gasteiger partial charge in [-0.05, 0) is 30.7 Å². The molecule has 0 atom stereocenters. The highest BCUT2D eigenvalue weighted by molar-refractivity contribution is 7.99. The van der Waals surface area contributed by atoms with Gasteiger partial charge in [-0.2, -0.15) is 0 Å². The van der Waals surface area contributed by atoms with Crippen molar-refractivity contribution in [3.05, 3.63) is 59.6 Å². The van der Waals surface area contributed by atoms with Gasteiger partial charge in [0.15, 0.2) is 5.82 Å². The summed E-state index contributed by atoms with van der Waals surface area (Å²) in [5, 5.41) is 8.67. The van der Waals surface area contributed by atoms with Crippen LogP contribution in [0.4, 0.5) is 0 Å². The lowest BCUT2D eigenvalue weighted by molar-refractivity contribution is 0.318. The van der Waals surface area contributed by atoms with E-state index in [2.05, 4.69) is 15.2 Å². The molecule has 0 aliphatic rings. The number of thioether (sulfide) groups is 1. The third kappa shape index (κ3) is 4.74. The number of halogens is 1. The van der Waals surface area contributed by atoms with Crippen molar-refractivity contribution in [1.82, 2.24) is 15.2 Å². The highest BCUT2D eigenvalue weighted by Crippen LogP contribution is 2.20. The molecule has 3 aromatic rings. The van der Waals surface area contributed by atoms with Crippen LogP contribution in [-0.2, 0) is 0 Å². The molecule has 3 rings (SSSR count). The third-order valence-corrected chi connectivity index (χ3v) is 4.30. The third-order valence-electron chi connectivity index (χ3n) is 3.11. The van der Waals surface area contributed by atoms with Crippen molar-refractivity contribution in [2.75, 3.05) is 12.4 Å². The molecule has 0 aliphatic carbocycles. The molecular weight excluding hydrogens is 330 g/mol. The van der Waals surface area contributed by atoms with E-state index in [4.69, 9.17) is 16.3 Å². The van der Waals surface area contributed by atoms with Crippen molar-refractivity contribution in [2.45, 2.75) is 11.6 Å². The van der Waals surface area contributed by atoms with Crippen LogP contribution in [0.5, 0.6) is 5.75 Å². The predicted octanol–water partition coefficient (Wildman–Crippen LogP) is 4.69. The summed E-state index contributed by atoms with van der Waals surface area (Å²) in [6.45, 7) is 0.657. The largest absolute Gasteiger partial charge is 0.494 e. The number of aromatic nitrogens is 3. The van der Waals surface area contributed by atoms with E-state index >= 15 is 0 Å². The Kier molecular flexibility index (Phi) is 5.56. The highest BCUT2D eigenvalue weighted by Gasteiger charge is 2.05. The molecule has 0 bridgehead atoms. The number of hydrogen-bond donors (Lipinski definition) is 1. The van der Waals surface area contributed by atoms with Crippen LogP contribution in [0.1, 0.15) is 6.42 Å². The molecule has 0 saturated carbocycles. The molecule has 0 unspecified atom stereocenters. The fourth-order valence-corrected chi connectivity index (χ4v) is 2.82. The van der Waals surface area contributed by atoms with Gasteiger partial charge in [-0.25, -0.2) is 4.98 Å². The normalized spacial score (nSPS) is 10.7. The summed E-state index contributed by atoms with van der Waals surface area (Å²) in [4.78, 5) is 4.49. The molecule has 0 aliphatic heterocycles. The van der Waals surface area contributed by atoms with Crippen molar-refractivity contribution in [3.63, 3.8) is 0 Å². The van der Waals surface area contributed by atoms with E-state index < -0.39 is 0 Å². The van der Waals surface area contributed by atoms with E-state index in [0.717, 1.165) is 34.5 Å². The zero-order valence-corrected chi connectivity index (χ0v) is 14.0. The van der Waals surface area contributed by atoms with Gasteiger partial charge in [0.1, 0.15) is 5.75 Å². The molecule has 1 heterocycles. The van der Waals surface area contributed by atoms with Gasteiger partial charge in [0.2, 0.25) is 5.16 Å². The fourth-order valence-electron chi connectivity index (χ4n) is 1.98. The van der Waals surface area contributed by atoms with E-state index in [-0.39, 0.29) is 0 Å². The first kappa shape index (κ1) is 15.9. The van der Waals surface area contributed by atoms with E-state index in [1.807, 2.05) is 54.6 Å². The SMILES string of the molecule is Clc1ccc(OCCCSc2n[nH]c(-c3ccccc3)n2)cc1. The monoisotopic (exact) mass is 345 g/mol. The number of aromatic amines is 1. The smallest absolute Gasteiger partial charge is 0.208 e. The first-order chi connectivity index (χ1) is 11.3. The molecule has 2 aromatic carbocycles. The zero-order chi connectivity index (χ0) is 15.9. The minimum Gasteiger partial charge on any atom is -0.494 e. The topological polar surface area (TPSA) is 50.8 Å². The number of benzene rings is 2. The molecule has 4 nitrogen and oxygen atoms in total. The summed E-state index contributed by atoms with van der Waals surface area (Å²) in [6, 6.07) is 17.4. The lowest BCUT2D eigenvalue weighted by Crippen LogP contribution is -1.98. The maximum absolute atomic E-state index is 5.83. The lowest BCUT2D eigenvalue weighted by atomic mass is 10.2. The standard InChI is InChI=1S/C17H16ClN3OS/c18-14-7-9-15(10-8-14)22-11-4-12-23-17-19-16(20-21-17)13-5-2-1-3-6-13/h1-3,5-10H,4,11-12H2,(H,19,20,21).